The number of hydrogen-bond acceptors (Lipinski definition) is 0. The van der Waals surface area contributed by atoms with Crippen molar-refractivity contribution in [3.8, 4) is 0 Å². The van der Waals surface area contributed by atoms with E-state index in [4.69, 9.17) is 0 Å². The van der Waals surface area contributed by atoms with Crippen LogP contribution in [-0.2, 0) is 12.8 Å². The van der Waals surface area contributed by atoms with Gasteiger partial charge in [0.25, 0.3) is 0 Å². The normalized spacial score (nSPS) is 12.0. The molecule has 0 saturated heterocycles. The summed E-state index contributed by atoms with van der Waals surface area (Å²) in [5.41, 5.74) is 3.03. The summed E-state index contributed by atoms with van der Waals surface area (Å²) in [5, 5.41) is 14.0. The summed E-state index contributed by atoms with van der Waals surface area (Å²) in [7, 11) is 0. The highest BCUT2D eigenvalue weighted by Gasteiger charge is 2.12. The highest BCUT2D eigenvalue weighted by atomic mass is 14.2. The second kappa shape index (κ2) is 19.3. The zero-order valence-corrected chi connectivity index (χ0v) is 31.6. The van der Waals surface area contributed by atoms with Gasteiger partial charge in [0, 0.05) is 0 Å². The van der Waals surface area contributed by atoms with E-state index < -0.39 is 0 Å². The smallest absolute Gasteiger partial charge is 0.00987 e. The fraction of sp³-hybridized carbons (Fsp3) is 0.480. The van der Waals surface area contributed by atoms with E-state index in [-0.39, 0.29) is 0 Å². The fourth-order valence-electron chi connectivity index (χ4n) is 8.75. The minimum Gasteiger partial charge on any atom is -0.0654 e. The summed E-state index contributed by atoms with van der Waals surface area (Å²) >= 11 is 0. The van der Waals surface area contributed by atoms with Gasteiger partial charge < -0.3 is 0 Å². The van der Waals surface area contributed by atoms with Gasteiger partial charge in [-0.15, -0.1) is 0 Å². The van der Waals surface area contributed by atoms with E-state index in [1.165, 1.54) is 206 Å². The first-order valence-electron chi connectivity index (χ1n) is 21.0. The molecule has 0 bridgehead atoms. The predicted octanol–water partition coefficient (Wildman–Crippen LogP) is 16.4. The van der Waals surface area contributed by atoms with Crippen LogP contribution < -0.4 is 0 Å². The second-order valence-corrected chi connectivity index (χ2v) is 15.4. The Labute approximate surface area is 304 Å². The number of fused-ring (bicyclic) bond motifs is 9. The van der Waals surface area contributed by atoms with E-state index in [1.54, 1.807) is 0 Å². The van der Waals surface area contributed by atoms with Crippen LogP contribution in [0.4, 0.5) is 0 Å². The van der Waals surface area contributed by atoms with Gasteiger partial charge in [-0.2, -0.15) is 0 Å². The molecule has 0 atom stereocenters. The summed E-state index contributed by atoms with van der Waals surface area (Å²) in [6, 6.07) is 33.2. The third kappa shape index (κ3) is 9.09. The number of aryl methyl sites for hydroxylation is 2. The highest BCUT2D eigenvalue weighted by molar-refractivity contribution is 6.25. The average molecular weight is 665 g/mol. The zero-order valence-electron chi connectivity index (χ0n) is 31.6. The molecule has 0 aliphatic carbocycles. The molecule has 0 saturated carbocycles. The Balaban J connectivity index is 1.12. The lowest BCUT2D eigenvalue weighted by Crippen LogP contribution is -1.91. The molecule has 0 nitrogen and oxygen atoms in total. The number of benzene rings is 6. The van der Waals surface area contributed by atoms with Crippen molar-refractivity contribution in [3.63, 3.8) is 0 Å². The van der Waals surface area contributed by atoms with E-state index in [1.807, 2.05) is 0 Å². The molecule has 0 unspecified atom stereocenters. The van der Waals surface area contributed by atoms with Crippen LogP contribution >= 0.6 is 0 Å². The van der Waals surface area contributed by atoms with Crippen LogP contribution in [0.25, 0.3) is 53.9 Å². The Morgan fingerprint density at radius 3 is 0.780 bits per heavy atom. The number of unbranched alkanes of at least 4 members (excludes halogenated alkanes) is 18. The average Bonchev–Trinajstić information content (AvgIpc) is 3.15. The van der Waals surface area contributed by atoms with Crippen molar-refractivity contribution < 1.29 is 0 Å². The Morgan fingerprint density at radius 1 is 0.240 bits per heavy atom. The van der Waals surface area contributed by atoms with Gasteiger partial charge in [0.15, 0.2) is 0 Å². The van der Waals surface area contributed by atoms with E-state index in [2.05, 4.69) is 98.8 Å². The molecule has 0 aliphatic heterocycles. The van der Waals surface area contributed by atoms with Crippen molar-refractivity contribution >= 4 is 53.9 Å². The molecule has 0 aromatic heterocycles. The van der Waals surface area contributed by atoms with Crippen LogP contribution in [0.2, 0.25) is 0 Å². The molecular weight excluding hydrogens is 601 g/mol. The molecule has 264 valence electrons. The third-order valence-corrected chi connectivity index (χ3v) is 11.7. The quantitative estimate of drug-likeness (QED) is 0.0500. The van der Waals surface area contributed by atoms with Crippen molar-refractivity contribution in [1.29, 1.82) is 0 Å². The van der Waals surface area contributed by atoms with Crippen LogP contribution in [0, 0.1) is 0 Å². The summed E-state index contributed by atoms with van der Waals surface area (Å²) < 4.78 is 0. The SMILES string of the molecule is CCCCCCCCCCCCc1cccc2c1ccc1c2ccc2c3ccc4c(CCCCCCCCCCCC)cccc4c3ccc12. The van der Waals surface area contributed by atoms with Gasteiger partial charge in [-0.05, 0) is 90.7 Å². The molecule has 50 heavy (non-hydrogen) atoms. The Kier molecular flexibility index (Phi) is 14.0. The minimum absolute atomic E-state index is 1.19. The van der Waals surface area contributed by atoms with Crippen molar-refractivity contribution in [2.24, 2.45) is 0 Å². The monoisotopic (exact) mass is 665 g/mol. The molecule has 0 N–H and O–H groups in total. The Bertz CT molecular complexity index is 1800. The summed E-state index contributed by atoms with van der Waals surface area (Å²) in [5.74, 6) is 0. The van der Waals surface area contributed by atoms with Gasteiger partial charge >= 0.3 is 0 Å². The molecule has 0 fully saturated rings. The van der Waals surface area contributed by atoms with E-state index in [0.717, 1.165) is 0 Å². The molecule has 0 heteroatoms. The van der Waals surface area contributed by atoms with Crippen LogP contribution in [0.3, 0.4) is 0 Å². The van der Waals surface area contributed by atoms with E-state index in [9.17, 15) is 0 Å². The topological polar surface area (TPSA) is 0 Å². The van der Waals surface area contributed by atoms with Crippen molar-refractivity contribution in [3.05, 3.63) is 96.1 Å². The van der Waals surface area contributed by atoms with Crippen molar-refractivity contribution in [1.82, 2.24) is 0 Å². The maximum Gasteiger partial charge on any atom is -0.00987 e. The lowest BCUT2D eigenvalue weighted by molar-refractivity contribution is 0.556. The first kappa shape index (κ1) is 36.4. The van der Waals surface area contributed by atoms with Gasteiger partial charge in [-0.1, -0.05) is 214 Å². The van der Waals surface area contributed by atoms with Gasteiger partial charge in [-0.3, -0.25) is 0 Å². The van der Waals surface area contributed by atoms with Crippen molar-refractivity contribution in [2.45, 2.75) is 155 Å². The van der Waals surface area contributed by atoms with Gasteiger partial charge in [0.05, 0.1) is 0 Å². The van der Waals surface area contributed by atoms with E-state index >= 15 is 0 Å². The molecule has 0 spiro atoms. The lowest BCUT2D eigenvalue weighted by Gasteiger charge is -2.14. The molecule has 0 radical (unpaired) electrons. The first-order valence-corrected chi connectivity index (χ1v) is 21.0. The molecule has 6 aromatic rings. The molecule has 0 heterocycles. The fourth-order valence-corrected chi connectivity index (χ4v) is 8.75. The van der Waals surface area contributed by atoms with Crippen LogP contribution in [-0.4, -0.2) is 0 Å². The maximum absolute atomic E-state index is 2.41. The first-order chi connectivity index (χ1) is 24.8. The molecule has 6 aromatic carbocycles. The summed E-state index contributed by atoms with van der Waals surface area (Å²) in [6.45, 7) is 4.60. The van der Waals surface area contributed by atoms with Gasteiger partial charge in [0.2, 0.25) is 0 Å². The maximum atomic E-state index is 2.41. The lowest BCUT2D eigenvalue weighted by atomic mass is 9.90. The number of rotatable bonds is 22. The zero-order chi connectivity index (χ0) is 34.4. The highest BCUT2D eigenvalue weighted by Crippen LogP contribution is 2.38. The predicted molar refractivity (Wildman–Crippen MR) is 225 cm³/mol. The van der Waals surface area contributed by atoms with Crippen LogP contribution in [0.1, 0.15) is 153 Å². The van der Waals surface area contributed by atoms with Gasteiger partial charge in [0.1, 0.15) is 0 Å². The number of hydrogen-bond donors (Lipinski definition) is 0. The molecule has 0 aliphatic rings. The van der Waals surface area contributed by atoms with E-state index in [0.29, 0.717) is 0 Å². The summed E-state index contributed by atoms with van der Waals surface area (Å²) in [6.07, 6.45) is 30.2. The van der Waals surface area contributed by atoms with Crippen LogP contribution in [0.15, 0.2) is 84.9 Å². The molecule has 6 rings (SSSR count). The Morgan fingerprint density at radius 2 is 0.480 bits per heavy atom. The second-order valence-electron chi connectivity index (χ2n) is 15.4. The third-order valence-electron chi connectivity index (χ3n) is 11.7. The Hall–Kier alpha value is -3.38. The van der Waals surface area contributed by atoms with Crippen LogP contribution in [0.5, 0.6) is 0 Å². The summed E-state index contributed by atoms with van der Waals surface area (Å²) in [4.78, 5) is 0. The van der Waals surface area contributed by atoms with Crippen molar-refractivity contribution in [2.75, 3.05) is 0 Å². The standard InChI is InChI=1S/C50H64/c1-3-5-7-9-11-13-15-17-19-21-25-39-27-23-29-43-41(39)31-33-47-45(43)35-37-50-48-34-32-42-40(26-22-20-18-16-14-12-10-8-6-4-2)28-24-30-44(42)46(48)36-38-49(47)50/h23-24,27-38H,3-22,25-26H2,1-2H3. The largest absolute Gasteiger partial charge is 0.0654 e. The molecular formula is C50H64. The van der Waals surface area contributed by atoms with Gasteiger partial charge in [-0.25, -0.2) is 0 Å². The minimum atomic E-state index is 1.19. The molecule has 0 amide bonds.